The molecular formula is C18H31N5O. The molecule has 1 aromatic rings. The smallest absolute Gasteiger partial charge is 0.315 e. The van der Waals surface area contributed by atoms with Crippen LogP contribution in [0.1, 0.15) is 50.8 Å². The second kappa shape index (κ2) is 8.01. The Bertz CT molecular complexity index is 529. The van der Waals surface area contributed by atoms with Crippen molar-refractivity contribution in [2.75, 3.05) is 13.6 Å². The summed E-state index contributed by atoms with van der Waals surface area (Å²) in [5, 5.41) is 6.20. The van der Waals surface area contributed by atoms with E-state index in [0.29, 0.717) is 18.1 Å². The van der Waals surface area contributed by atoms with Crippen LogP contribution in [0.25, 0.3) is 0 Å². The quantitative estimate of drug-likeness (QED) is 0.785. The molecule has 24 heavy (non-hydrogen) atoms. The van der Waals surface area contributed by atoms with Crippen LogP contribution in [-0.2, 0) is 6.54 Å². The Morgan fingerprint density at radius 1 is 1.29 bits per heavy atom. The van der Waals surface area contributed by atoms with E-state index in [9.17, 15) is 4.79 Å². The fourth-order valence-electron chi connectivity index (χ4n) is 4.22. The van der Waals surface area contributed by atoms with Crippen molar-refractivity contribution in [2.45, 2.75) is 76.5 Å². The zero-order chi connectivity index (χ0) is 16.9. The van der Waals surface area contributed by atoms with Crippen molar-refractivity contribution in [3.63, 3.8) is 0 Å². The van der Waals surface area contributed by atoms with Crippen molar-refractivity contribution in [2.24, 2.45) is 0 Å². The van der Waals surface area contributed by atoms with Gasteiger partial charge >= 0.3 is 6.03 Å². The Morgan fingerprint density at radius 2 is 2.04 bits per heavy atom. The number of nitrogens with zero attached hydrogens (tertiary/aromatic N) is 3. The number of carbonyl (C=O) groups excluding carboxylic acids is 1. The molecule has 0 saturated carbocycles. The fourth-order valence-corrected chi connectivity index (χ4v) is 4.22. The lowest BCUT2D eigenvalue weighted by molar-refractivity contribution is 0.0509. The topological polar surface area (TPSA) is 62.2 Å². The number of nitrogens with one attached hydrogen (secondary N) is 2. The van der Waals surface area contributed by atoms with Crippen molar-refractivity contribution in [1.29, 1.82) is 0 Å². The van der Waals surface area contributed by atoms with E-state index in [1.54, 1.807) is 0 Å². The molecule has 0 aromatic carbocycles. The summed E-state index contributed by atoms with van der Waals surface area (Å²) >= 11 is 0. The number of piperidine rings is 2. The molecule has 3 heterocycles. The van der Waals surface area contributed by atoms with Crippen molar-refractivity contribution < 1.29 is 4.79 Å². The van der Waals surface area contributed by atoms with Crippen LogP contribution in [0.3, 0.4) is 0 Å². The van der Waals surface area contributed by atoms with Gasteiger partial charge in [-0.2, -0.15) is 0 Å². The van der Waals surface area contributed by atoms with Crippen molar-refractivity contribution in [3.8, 4) is 0 Å². The molecule has 6 heteroatoms. The Labute approximate surface area is 145 Å². The van der Waals surface area contributed by atoms with Gasteiger partial charge in [0, 0.05) is 43.6 Å². The third-order valence-corrected chi connectivity index (χ3v) is 5.71. The van der Waals surface area contributed by atoms with Crippen LogP contribution in [-0.4, -0.2) is 52.2 Å². The van der Waals surface area contributed by atoms with Gasteiger partial charge in [0.05, 0.1) is 0 Å². The molecule has 134 valence electrons. The van der Waals surface area contributed by atoms with Crippen LogP contribution in [0.4, 0.5) is 4.79 Å². The number of hydrogen-bond donors (Lipinski definition) is 2. The largest absolute Gasteiger partial charge is 0.338 e. The number of amides is 2. The molecule has 2 saturated heterocycles. The molecule has 0 aliphatic carbocycles. The highest BCUT2D eigenvalue weighted by Gasteiger charge is 2.36. The zero-order valence-corrected chi connectivity index (χ0v) is 15.0. The number of rotatable bonds is 6. The molecule has 0 radical (unpaired) electrons. The maximum Gasteiger partial charge on any atom is 0.315 e. The van der Waals surface area contributed by atoms with E-state index in [1.165, 1.54) is 19.3 Å². The molecule has 3 atom stereocenters. The lowest BCUT2D eigenvalue weighted by Gasteiger charge is -2.47. The number of aromatic nitrogens is 2. The summed E-state index contributed by atoms with van der Waals surface area (Å²) in [5.41, 5.74) is 0. The molecule has 2 aliphatic heterocycles. The Hall–Kier alpha value is -1.56. The molecule has 3 rings (SSSR count). The fraction of sp³-hybridized carbons (Fsp3) is 0.778. The number of fused-ring (bicyclic) bond motifs is 2. The monoisotopic (exact) mass is 333 g/mol. The Balaban J connectivity index is 1.31. The summed E-state index contributed by atoms with van der Waals surface area (Å²) in [6.45, 7) is 3.72. The highest BCUT2D eigenvalue weighted by Crippen LogP contribution is 2.32. The van der Waals surface area contributed by atoms with E-state index >= 15 is 0 Å². The summed E-state index contributed by atoms with van der Waals surface area (Å²) < 4.78 is 2.15. The first-order valence-corrected chi connectivity index (χ1v) is 9.37. The van der Waals surface area contributed by atoms with E-state index in [1.807, 2.05) is 19.3 Å². The van der Waals surface area contributed by atoms with Gasteiger partial charge in [-0.3, -0.25) is 0 Å². The highest BCUT2D eigenvalue weighted by atomic mass is 16.2. The van der Waals surface area contributed by atoms with Gasteiger partial charge in [0.15, 0.2) is 0 Å². The van der Waals surface area contributed by atoms with E-state index in [0.717, 1.165) is 44.6 Å². The summed E-state index contributed by atoms with van der Waals surface area (Å²) in [7, 11) is 2.24. The van der Waals surface area contributed by atoms with E-state index in [4.69, 9.17) is 0 Å². The second-order valence-electron chi connectivity index (χ2n) is 7.35. The SMILES string of the molecule is Cc1nccn1CCCCNC(=O)NC1C[C@H]2CCC[C@@H](C1)N2C. The second-order valence-corrected chi connectivity index (χ2v) is 7.35. The molecule has 6 nitrogen and oxygen atoms in total. The minimum absolute atomic E-state index is 0.00133. The molecular weight excluding hydrogens is 302 g/mol. The highest BCUT2D eigenvalue weighted by molar-refractivity contribution is 5.74. The number of carbonyl (C=O) groups is 1. The number of unbranched alkanes of at least 4 members (excludes halogenated alkanes) is 1. The van der Waals surface area contributed by atoms with Gasteiger partial charge in [-0.15, -0.1) is 0 Å². The number of aryl methyl sites for hydroxylation is 2. The van der Waals surface area contributed by atoms with Crippen LogP contribution in [0.5, 0.6) is 0 Å². The van der Waals surface area contributed by atoms with Gasteiger partial charge in [0.25, 0.3) is 0 Å². The number of hydrogen-bond acceptors (Lipinski definition) is 3. The number of imidazole rings is 1. The molecule has 1 unspecified atom stereocenters. The van der Waals surface area contributed by atoms with Crippen molar-refractivity contribution in [3.05, 3.63) is 18.2 Å². The molecule has 0 spiro atoms. The molecule has 1 aromatic heterocycles. The van der Waals surface area contributed by atoms with Crippen LogP contribution < -0.4 is 10.6 Å². The maximum absolute atomic E-state index is 12.1. The first kappa shape index (κ1) is 17.3. The minimum atomic E-state index is 0.00133. The van der Waals surface area contributed by atoms with Gasteiger partial charge in [0.1, 0.15) is 5.82 Å². The maximum atomic E-state index is 12.1. The third-order valence-electron chi connectivity index (χ3n) is 5.71. The third kappa shape index (κ3) is 4.29. The first-order valence-electron chi connectivity index (χ1n) is 9.37. The van der Waals surface area contributed by atoms with Gasteiger partial charge < -0.3 is 20.1 Å². The molecule has 2 aliphatic rings. The summed E-state index contributed by atoms with van der Waals surface area (Å²) in [6.07, 6.45) is 12.0. The lowest BCUT2D eigenvalue weighted by atomic mass is 9.82. The minimum Gasteiger partial charge on any atom is -0.338 e. The van der Waals surface area contributed by atoms with Gasteiger partial charge in [0.2, 0.25) is 0 Å². The molecule has 2 amide bonds. The lowest BCUT2D eigenvalue weighted by Crippen LogP contribution is -2.56. The summed E-state index contributed by atoms with van der Waals surface area (Å²) in [5.74, 6) is 1.05. The van der Waals surface area contributed by atoms with Crippen LogP contribution in [0.15, 0.2) is 12.4 Å². The zero-order valence-electron chi connectivity index (χ0n) is 15.0. The van der Waals surface area contributed by atoms with Gasteiger partial charge in [-0.05, 0) is 52.5 Å². The molecule has 2 fully saturated rings. The predicted molar refractivity (Wildman–Crippen MR) is 94.9 cm³/mol. The Morgan fingerprint density at radius 3 is 2.71 bits per heavy atom. The normalized spacial score (nSPS) is 27.0. The average molecular weight is 333 g/mol. The van der Waals surface area contributed by atoms with E-state index in [2.05, 4.69) is 32.1 Å². The Kier molecular flexibility index (Phi) is 5.76. The first-order chi connectivity index (χ1) is 11.6. The molecule has 2 N–H and O–H groups in total. The predicted octanol–water partition coefficient (Wildman–Crippen LogP) is 2.29. The van der Waals surface area contributed by atoms with E-state index in [-0.39, 0.29) is 6.03 Å². The average Bonchev–Trinajstić information content (AvgIpc) is 2.93. The van der Waals surface area contributed by atoms with Crippen LogP contribution in [0.2, 0.25) is 0 Å². The van der Waals surface area contributed by atoms with Crippen LogP contribution in [0, 0.1) is 6.92 Å². The number of urea groups is 1. The summed E-state index contributed by atoms with van der Waals surface area (Å²) in [4.78, 5) is 18.9. The standard InChI is InChI=1S/C18H31N5O/c1-14-19-9-11-23(14)10-4-3-8-20-18(24)21-15-12-16-6-5-7-17(13-15)22(16)2/h9,11,15-17H,3-8,10,12-13H2,1-2H3,(H2,20,21,24)/t15?,16-,17+. The molecule has 2 bridgehead atoms. The van der Waals surface area contributed by atoms with Gasteiger partial charge in [-0.25, -0.2) is 9.78 Å². The summed E-state index contributed by atoms with van der Waals surface area (Å²) in [6, 6.07) is 1.65. The van der Waals surface area contributed by atoms with Crippen molar-refractivity contribution >= 4 is 6.03 Å². The van der Waals surface area contributed by atoms with Gasteiger partial charge in [-0.1, -0.05) is 6.42 Å². The van der Waals surface area contributed by atoms with Crippen molar-refractivity contribution in [1.82, 2.24) is 25.1 Å². The van der Waals surface area contributed by atoms with Crippen LogP contribution >= 0.6 is 0 Å². The van der Waals surface area contributed by atoms with E-state index < -0.39 is 0 Å².